The van der Waals surface area contributed by atoms with Gasteiger partial charge in [0, 0.05) is 22.6 Å². The van der Waals surface area contributed by atoms with Gasteiger partial charge in [-0.2, -0.15) is 0 Å². The first-order chi connectivity index (χ1) is 9.61. The van der Waals surface area contributed by atoms with Crippen LogP contribution < -0.4 is 5.32 Å². The fourth-order valence-corrected chi connectivity index (χ4v) is 2.19. The molecule has 20 heavy (non-hydrogen) atoms. The minimum Gasteiger partial charge on any atom is -0.441 e. The molecule has 0 spiro atoms. The summed E-state index contributed by atoms with van der Waals surface area (Å²) in [6, 6.07) is 12.6. The number of hydrogen-bond donors (Lipinski definition) is 1. The largest absolute Gasteiger partial charge is 0.441 e. The van der Waals surface area contributed by atoms with Gasteiger partial charge in [-0.1, -0.05) is 15.9 Å². The Balaban J connectivity index is 1.84. The topological polar surface area (TPSA) is 55.1 Å². The first-order valence-electron chi connectivity index (χ1n) is 6.06. The average molecular weight is 331 g/mol. The lowest BCUT2D eigenvalue weighted by Gasteiger charge is -2.05. The molecule has 0 aliphatic rings. The van der Waals surface area contributed by atoms with Crippen molar-refractivity contribution in [1.82, 2.24) is 4.98 Å². The summed E-state index contributed by atoms with van der Waals surface area (Å²) in [4.78, 5) is 16.3. The molecule has 1 amide bonds. The number of carbonyl (C=O) groups excluding carboxylic acids is 1. The third-order valence-electron chi connectivity index (χ3n) is 2.86. The third-order valence-corrected chi connectivity index (χ3v) is 3.39. The molecule has 0 aliphatic carbocycles. The molecule has 0 unspecified atom stereocenters. The van der Waals surface area contributed by atoms with Crippen LogP contribution in [0, 0.1) is 6.92 Å². The van der Waals surface area contributed by atoms with Crippen LogP contribution in [0.4, 0.5) is 5.69 Å². The maximum atomic E-state index is 12.1. The van der Waals surface area contributed by atoms with Gasteiger partial charge in [0.05, 0.1) is 0 Å². The number of nitrogens with zero attached hydrogens (tertiary/aromatic N) is 1. The highest BCUT2D eigenvalue weighted by molar-refractivity contribution is 9.10. The number of aromatic nitrogens is 1. The van der Waals surface area contributed by atoms with Gasteiger partial charge in [-0.25, -0.2) is 4.98 Å². The van der Waals surface area contributed by atoms with Crippen molar-refractivity contribution in [3.8, 4) is 0 Å². The van der Waals surface area contributed by atoms with Crippen molar-refractivity contribution >= 4 is 38.6 Å². The van der Waals surface area contributed by atoms with Gasteiger partial charge in [0.15, 0.2) is 11.5 Å². The molecular formula is C15H11BrN2O2. The van der Waals surface area contributed by atoms with Gasteiger partial charge in [0.25, 0.3) is 5.91 Å². The molecule has 0 saturated carbocycles. The number of benzene rings is 2. The van der Waals surface area contributed by atoms with E-state index in [4.69, 9.17) is 4.42 Å². The predicted molar refractivity (Wildman–Crippen MR) is 80.8 cm³/mol. The van der Waals surface area contributed by atoms with E-state index in [-0.39, 0.29) is 5.91 Å². The van der Waals surface area contributed by atoms with Crippen LogP contribution in [-0.2, 0) is 0 Å². The van der Waals surface area contributed by atoms with Gasteiger partial charge in [-0.15, -0.1) is 0 Å². The fraction of sp³-hybridized carbons (Fsp3) is 0.0667. The second-order valence-corrected chi connectivity index (χ2v) is 5.29. The van der Waals surface area contributed by atoms with Crippen LogP contribution >= 0.6 is 15.9 Å². The van der Waals surface area contributed by atoms with E-state index in [1.807, 2.05) is 12.1 Å². The molecule has 1 N–H and O–H groups in total. The lowest BCUT2D eigenvalue weighted by Crippen LogP contribution is -2.11. The van der Waals surface area contributed by atoms with Gasteiger partial charge >= 0.3 is 0 Å². The molecule has 1 heterocycles. The predicted octanol–water partition coefficient (Wildman–Crippen LogP) is 4.15. The number of oxazole rings is 1. The van der Waals surface area contributed by atoms with E-state index < -0.39 is 0 Å². The van der Waals surface area contributed by atoms with E-state index in [0.717, 1.165) is 9.99 Å². The lowest BCUT2D eigenvalue weighted by atomic mass is 10.2. The van der Waals surface area contributed by atoms with Crippen LogP contribution in [0.15, 0.2) is 51.4 Å². The minimum absolute atomic E-state index is 0.155. The van der Waals surface area contributed by atoms with E-state index in [1.165, 1.54) is 0 Å². The second-order valence-electron chi connectivity index (χ2n) is 4.38. The van der Waals surface area contributed by atoms with Crippen molar-refractivity contribution in [1.29, 1.82) is 0 Å². The summed E-state index contributed by atoms with van der Waals surface area (Å²) >= 11 is 3.34. The molecule has 3 aromatic rings. The number of carbonyl (C=O) groups is 1. The van der Waals surface area contributed by atoms with Crippen LogP contribution in [0.3, 0.4) is 0 Å². The number of aryl methyl sites for hydroxylation is 1. The van der Waals surface area contributed by atoms with Crippen molar-refractivity contribution in [3.63, 3.8) is 0 Å². The number of nitrogens with one attached hydrogen (secondary N) is 1. The molecule has 0 aliphatic heterocycles. The summed E-state index contributed by atoms with van der Waals surface area (Å²) in [5, 5.41) is 2.84. The molecule has 0 saturated heterocycles. The first-order valence-corrected chi connectivity index (χ1v) is 6.85. The van der Waals surface area contributed by atoms with Crippen molar-refractivity contribution in [2.24, 2.45) is 0 Å². The molecule has 0 fully saturated rings. The van der Waals surface area contributed by atoms with Crippen molar-refractivity contribution < 1.29 is 9.21 Å². The Labute approximate surface area is 123 Å². The minimum atomic E-state index is -0.155. The van der Waals surface area contributed by atoms with E-state index in [9.17, 15) is 4.79 Å². The lowest BCUT2D eigenvalue weighted by molar-refractivity contribution is 0.102. The Hall–Kier alpha value is -2.14. The number of hydrogen-bond acceptors (Lipinski definition) is 3. The molecule has 5 heteroatoms. The van der Waals surface area contributed by atoms with Crippen LogP contribution in [0.25, 0.3) is 11.1 Å². The monoisotopic (exact) mass is 330 g/mol. The van der Waals surface area contributed by atoms with Crippen LogP contribution in [-0.4, -0.2) is 10.9 Å². The quantitative estimate of drug-likeness (QED) is 0.767. The molecule has 0 bridgehead atoms. The highest BCUT2D eigenvalue weighted by Crippen LogP contribution is 2.20. The van der Waals surface area contributed by atoms with Crippen molar-refractivity contribution in [2.45, 2.75) is 6.92 Å². The Morgan fingerprint density at radius 3 is 2.70 bits per heavy atom. The Bertz CT molecular complexity index is 778. The summed E-state index contributed by atoms with van der Waals surface area (Å²) in [5.74, 6) is 0.452. The van der Waals surface area contributed by atoms with Gasteiger partial charge in [-0.05, 0) is 42.5 Å². The fourth-order valence-electron chi connectivity index (χ4n) is 1.92. The Kier molecular flexibility index (Phi) is 3.28. The van der Waals surface area contributed by atoms with E-state index in [0.29, 0.717) is 22.7 Å². The molecule has 0 radical (unpaired) electrons. The number of amides is 1. The number of anilines is 1. The molecule has 3 rings (SSSR count). The number of rotatable bonds is 2. The van der Waals surface area contributed by atoms with Crippen LogP contribution in [0.2, 0.25) is 0 Å². The van der Waals surface area contributed by atoms with Gasteiger partial charge in [-0.3, -0.25) is 4.79 Å². The van der Waals surface area contributed by atoms with E-state index in [2.05, 4.69) is 26.2 Å². The SMILES string of the molecule is Cc1nc2cc(NC(=O)c3ccc(Br)cc3)ccc2o1. The maximum Gasteiger partial charge on any atom is 0.255 e. The highest BCUT2D eigenvalue weighted by atomic mass is 79.9. The number of fused-ring (bicyclic) bond motifs is 1. The van der Waals surface area contributed by atoms with Crippen molar-refractivity contribution in [2.75, 3.05) is 5.32 Å². The molecule has 100 valence electrons. The zero-order valence-electron chi connectivity index (χ0n) is 10.7. The summed E-state index contributed by atoms with van der Waals surface area (Å²) in [7, 11) is 0. The van der Waals surface area contributed by atoms with Crippen LogP contribution in [0.1, 0.15) is 16.2 Å². The zero-order chi connectivity index (χ0) is 14.1. The molecule has 4 nitrogen and oxygen atoms in total. The van der Waals surface area contributed by atoms with Crippen molar-refractivity contribution in [3.05, 3.63) is 58.4 Å². The smallest absolute Gasteiger partial charge is 0.255 e. The van der Waals surface area contributed by atoms with Crippen LogP contribution in [0.5, 0.6) is 0 Å². The summed E-state index contributed by atoms with van der Waals surface area (Å²) in [6.45, 7) is 1.79. The van der Waals surface area contributed by atoms with Gasteiger partial charge in [0.2, 0.25) is 0 Å². The molecule has 0 atom stereocenters. The maximum absolute atomic E-state index is 12.1. The summed E-state index contributed by atoms with van der Waals surface area (Å²) in [6.07, 6.45) is 0. The van der Waals surface area contributed by atoms with E-state index >= 15 is 0 Å². The standard InChI is InChI=1S/C15H11BrN2O2/c1-9-17-13-8-12(6-7-14(13)20-9)18-15(19)10-2-4-11(16)5-3-10/h2-8H,1H3,(H,18,19). The highest BCUT2D eigenvalue weighted by Gasteiger charge is 2.08. The normalized spacial score (nSPS) is 10.7. The second kappa shape index (κ2) is 5.09. The zero-order valence-corrected chi connectivity index (χ0v) is 12.3. The first kappa shape index (κ1) is 12.9. The van der Waals surface area contributed by atoms with Gasteiger partial charge < -0.3 is 9.73 Å². The Morgan fingerprint density at radius 2 is 1.95 bits per heavy atom. The number of halogens is 1. The molecule has 1 aromatic heterocycles. The molecule has 2 aromatic carbocycles. The molecular weight excluding hydrogens is 320 g/mol. The Morgan fingerprint density at radius 1 is 1.20 bits per heavy atom. The summed E-state index contributed by atoms with van der Waals surface area (Å²) < 4.78 is 6.34. The third kappa shape index (κ3) is 2.58. The summed E-state index contributed by atoms with van der Waals surface area (Å²) in [5.41, 5.74) is 2.74. The van der Waals surface area contributed by atoms with E-state index in [1.54, 1.807) is 37.3 Å². The average Bonchev–Trinajstić information content (AvgIpc) is 2.78. The van der Waals surface area contributed by atoms with Gasteiger partial charge in [0.1, 0.15) is 5.52 Å².